The van der Waals surface area contributed by atoms with Gasteiger partial charge in [-0.25, -0.2) is 0 Å². The number of rotatable bonds is 2. The number of benzene rings is 1. The van der Waals surface area contributed by atoms with Crippen LogP contribution in [0.2, 0.25) is 0 Å². The molecule has 0 saturated heterocycles. The fourth-order valence-corrected chi connectivity index (χ4v) is 1.34. The lowest BCUT2D eigenvalue weighted by Crippen LogP contribution is -1.91. The average molecular weight is 241 g/mol. The quantitative estimate of drug-likeness (QED) is 0.754. The van der Waals surface area contributed by atoms with Crippen LogP contribution in [0.25, 0.3) is 11.3 Å². The predicted octanol–water partition coefficient (Wildman–Crippen LogP) is 3.30. The number of alkyl halides is 1. The lowest BCUT2D eigenvalue weighted by molar-refractivity contribution is 0.975. The summed E-state index contributed by atoms with van der Waals surface area (Å²) in [4.78, 5) is 0. The highest BCUT2D eigenvalue weighted by molar-refractivity contribution is 6.16. The standard InChI is InChI=1S/C11H9ClN2.ClH/c12-8-10-6-7-11(14-13-10)9-4-2-1-3-5-9;/h1-7H,8H2;1H. The molecule has 15 heavy (non-hydrogen) atoms. The number of hydrogen-bond donors (Lipinski definition) is 0. The molecule has 1 aromatic heterocycles. The first kappa shape index (κ1) is 12.0. The van der Waals surface area contributed by atoms with Gasteiger partial charge in [0.15, 0.2) is 0 Å². The van der Waals surface area contributed by atoms with E-state index in [-0.39, 0.29) is 12.4 Å². The minimum atomic E-state index is 0. The van der Waals surface area contributed by atoms with E-state index in [1.54, 1.807) is 0 Å². The van der Waals surface area contributed by atoms with Crippen molar-refractivity contribution in [2.75, 3.05) is 0 Å². The molecular formula is C11H10Cl2N2. The fourth-order valence-electron chi connectivity index (χ4n) is 1.19. The topological polar surface area (TPSA) is 25.8 Å². The van der Waals surface area contributed by atoms with Crippen molar-refractivity contribution >= 4 is 24.0 Å². The number of halogens is 2. The highest BCUT2D eigenvalue weighted by Gasteiger charge is 1.98. The van der Waals surface area contributed by atoms with Gasteiger partial charge in [0.1, 0.15) is 0 Å². The molecule has 4 heteroatoms. The summed E-state index contributed by atoms with van der Waals surface area (Å²) >= 11 is 5.62. The Morgan fingerprint density at radius 3 is 2.20 bits per heavy atom. The van der Waals surface area contributed by atoms with E-state index < -0.39 is 0 Å². The molecule has 0 bridgehead atoms. The van der Waals surface area contributed by atoms with Crippen molar-refractivity contribution in [1.29, 1.82) is 0 Å². The largest absolute Gasteiger partial charge is 0.154 e. The molecule has 78 valence electrons. The third-order valence-electron chi connectivity index (χ3n) is 1.93. The van der Waals surface area contributed by atoms with Gasteiger partial charge < -0.3 is 0 Å². The van der Waals surface area contributed by atoms with Crippen molar-refractivity contribution in [2.24, 2.45) is 0 Å². The number of aromatic nitrogens is 2. The zero-order valence-corrected chi connectivity index (χ0v) is 9.50. The normalized spacial score (nSPS) is 9.40. The van der Waals surface area contributed by atoms with Crippen LogP contribution in [0.4, 0.5) is 0 Å². The average Bonchev–Trinajstić information content (AvgIpc) is 2.30. The zero-order valence-electron chi connectivity index (χ0n) is 7.93. The minimum absolute atomic E-state index is 0. The molecule has 0 aliphatic carbocycles. The van der Waals surface area contributed by atoms with Crippen LogP contribution in [0.5, 0.6) is 0 Å². The van der Waals surface area contributed by atoms with E-state index in [1.807, 2.05) is 42.5 Å². The molecule has 0 spiro atoms. The summed E-state index contributed by atoms with van der Waals surface area (Å²) in [6.45, 7) is 0. The van der Waals surface area contributed by atoms with Gasteiger partial charge in [-0.1, -0.05) is 30.3 Å². The summed E-state index contributed by atoms with van der Waals surface area (Å²) in [5.41, 5.74) is 2.74. The first-order chi connectivity index (χ1) is 6.90. The third kappa shape index (κ3) is 2.91. The molecule has 2 nitrogen and oxygen atoms in total. The van der Waals surface area contributed by atoms with E-state index in [9.17, 15) is 0 Å². The molecule has 0 unspecified atom stereocenters. The predicted molar refractivity (Wildman–Crippen MR) is 64.3 cm³/mol. The van der Waals surface area contributed by atoms with Crippen LogP contribution >= 0.6 is 24.0 Å². The summed E-state index contributed by atoms with van der Waals surface area (Å²) in [5.74, 6) is 0.405. The third-order valence-corrected chi connectivity index (χ3v) is 2.20. The molecular weight excluding hydrogens is 231 g/mol. The Morgan fingerprint density at radius 1 is 0.933 bits per heavy atom. The van der Waals surface area contributed by atoms with Crippen LogP contribution in [-0.2, 0) is 5.88 Å². The van der Waals surface area contributed by atoms with Crippen molar-refractivity contribution < 1.29 is 0 Å². The van der Waals surface area contributed by atoms with Gasteiger partial charge >= 0.3 is 0 Å². The fraction of sp³-hybridized carbons (Fsp3) is 0.0909. The van der Waals surface area contributed by atoms with Crippen molar-refractivity contribution in [3.05, 3.63) is 48.2 Å². The second-order valence-corrected chi connectivity index (χ2v) is 3.18. The lowest BCUT2D eigenvalue weighted by atomic mass is 10.1. The first-order valence-electron chi connectivity index (χ1n) is 4.34. The molecule has 1 heterocycles. The smallest absolute Gasteiger partial charge is 0.0929 e. The first-order valence-corrected chi connectivity index (χ1v) is 4.87. The van der Waals surface area contributed by atoms with Gasteiger partial charge in [-0.05, 0) is 12.1 Å². The van der Waals surface area contributed by atoms with Gasteiger partial charge in [0.2, 0.25) is 0 Å². The molecule has 1 aromatic carbocycles. The van der Waals surface area contributed by atoms with Gasteiger partial charge in [0.05, 0.1) is 17.3 Å². The maximum absolute atomic E-state index is 5.62. The Balaban J connectivity index is 0.00000112. The molecule has 0 saturated carbocycles. The Kier molecular flexibility index (Phi) is 4.53. The Hall–Kier alpha value is -1.12. The molecule has 0 radical (unpaired) electrons. The molecule has 0 atom stereocenters. The summed E-state index contributed by atoms with van der Waals surface area (Å²) in [6, 6.07) is 13.8. The van der Waals surface area contributed by atoms with Crippen LogP contribution in [-0.4, -0.2) is 10.2 Å². The summed E-state index contributed by atoms with van der Waals surface area (Å²) in [7, 11) is 0. The number of nitrogens with zero attached hydrogens (tertiary/aromatic N) is 2. The van der Waals surface area contributed by atoms with Gasteiger partial charge in [-0.3, -0.25) is 0 Å². The highest BCUT2D eigenvalue weighted by Crippen LogP contribution is 2.15. The van der Waals surface area contributed by atoms with E-state index in [2.05, 4.69) is 10.2 Å². The Labute approximate surface area is 99.7 Å². The Morgan fingerprint density at radius 2 is 1.67 bits per heavy atom. The van der Waals surface area contributed by atoms with Crippen LogP contribution in [0.15, 0.2) is 42.5 Å². The van der Waals surface area contributed by atoms with E-state index >= 15 is 0 Å². The van der Waals surface area contributed by atoms with E-state index in [4.69, 9.17) is 11.6 Å². The van der Waals surface area contributed by atoms with Gasteiger partial charge in [0, 0.05) is 5.56 Å². The lowest BCUT2D eigenvalue weighted by Gasteiger charge is -1.99. The summed E-state index contributed by atoms with van der Waals surface area (Å²) < 4.78 is 0. The maximum Gasteiger partial charge on any atom is 0.0929 e. The highest BCUT2D eigenvalue weighted by atomic mass is 35.5. The zero-order chi connectivity index (χ0) is 9.80. The van der Waals surface area contributed by atoms with Crippen LogP contribution < -0.4 is 0 Å². The Bertz CT molecular complexity index is 401. The number of hydrogen-bond acceptors (Lipinski definition) is 2. The van der Waals surface area contributed by atoms with Crippen LogP contribution in [0.3, 0.4) is 0 Å². The molecule has 2 rings (SSSR count). The monoisotopic (exact) mass is 240 g/mol. The summed E-state index contributed by atoms with van der Waals surface area (Å²) in [6.07, 6.45) is 0. The molecule has 0 amide bonds. The second-order valence-electron chi connectivity index (χ2n) is 2.91. The molecule has 0 aliphatic rings. The summed E-state index contributed by atoms with van der Waals surface area (Å²) in [5, 5.41) is 8.08. The molecule has 0 fully saturated rings. The van der Waals surface area contributed by atoms with E-state index in [0.717, 1.165) is 17.0 Å². The van der Waals surface area contributed by atoms with Crippen molar-refractivity contribution in [1.82, 2.24) is 10.2 Å². The van der Waals surface area contributed by atoms with Crippen molar-refractivity contribution in [2.45, 2.75) is 5.88 Å². The van der Waals surface area contributed by atoms with Crippen LogP contribution in [0.1, 0.15) is 5.69 Å². The van der Waals surface area contributed by atoms with Crippen molar-refractivity contribution in [3.63, 3.8) is 0 Å². The van der Waals surface area contributed by atoms with E-state index in [1.165, 1.54) is 0 Å². The maximum atomic E-state index is 5.62. The second kappa shape index (κ2) is 5.69. The van der Waals surface area contributed by atoms with Crippen LogP contribution in [0, 0.1) is 0 Å². The van der Waals surface area contributed by atoms with Crippen molar-refractivity contribution in [3.8, 4) is 11.3 Å². The van der Waals surface area contributed by atoms with Gasteiger partial charge in [-0.2, -0.15) is 10.2 Å². The van der Waals surface area contributed by atoms with Gasteiger partial charge in [-0.15, -0.1) is 24.0 Å². The van der Waals surface area contributed by atoms with E-state index in [0.29, 0.717) is 5.88 Å². The van der Waals surface area contributed by atoms with Gasteiger partial charge in [0.25, 0.3) is 0 Å². The SMILES string of the molecule is Cl.ClCc1ccc(-c2ccccc2)nn1. The molecule has 0 aliphatic heterocycles. The minimum Gasteiger partial charge on any atom is -0.154 e. The molecule has 2 aromatic rings. The molecule has 0 N–H and O–H groups in total.